The molecular weight excluding hydrogens is 194 g/mol. The third-order valence-corrected chi connectivity index (χ3v) is 2.39. The number of carbonyl (C=O) groups excluding carboxylic acids is 1. The van der Waals surface area contributed by atoms with Gasteiger partial charge in [-0.3, -0.25) is 4.79 Å². The van der Waals surface area contributed by atoms with Crippen molar-refractivity contribution in [2.75, 3.05) is 26.8 Å². The number of ether oxygens (including phenoxy) is 1. The van der Waals surface area contributed by atoms with Gasteiger partial charge in [0, 0.05) is 25.6 Å². The van der Waals surface area contributed by atoms with Gasteiger partial charge < -0.3 is 14.7 Å². The van der Waals surface area contributed by atoms with Gasteiger partial charge in [-0.2, -0.15) is 0 Å². The molecule has 0 atom stereocenters. The maximum Gasteiger partial charge on any atom is 0.305 e. The number of carbonyl (C=O) groups is 1. The first kappa shape index (κ1) is 14.4. The number of hydrogen-bond acceptors (Lipinski definition) is 4. The van der Waals surface area contributed by atoms with E-state index in [-0.39, 0.29) is 12.6 Å². The molecule has 0 saturated heterocycles. The molecule has 0 aliphatic rings. The Bertz CT molecular complexity index is 171. The molecule has 0 aliphatic carbocycles. The number of nitrogens with zero attached hydrogens (tertiary/aromatic N) is 1. The van der Waals surface area contributed by atoms with Crippen molar-refractivity contribution < 1.29 is 14.6 Å². The number of methoxy groups -OCH3 is 1. The summed E-state index contributed by atoms with van der Waals surface area (Å²) in [7, 11) is 1.41. The lowest BCUT2D eigenvalue weighted by Crippen LogP contribution is -2.33. The monoisotopic (exact) mass is 217 g/mol. The molecule has 0 heterocycles. The molecular formula is C11H23NO3. The molecule has 0 radical (unpaired) electrons. The number of aliphatic hydroxyl groups is 1. The van der Waals surface area contributed by atoms with Crippen molar-refractivity contribution in [2.45, 2.75) is 39.2 Å². The molecule has 0 aliphatic heterocycles. The first-order valence-corrected chi connectivity index (χ1v) is 5.53. The van der Waals surface area contributed by atoms with Crippen molar-refractivity contribution in [2.24, 2.45) is 0 Å². The van der Waals surface area contributed by atoms with Crippen LogP contribution in [0.15, 0.2) is 0 Å². The fraction of sp³-hybridized carbons (Fsp3) is 0.909. The molecule has 0 saturated carbocycles. The second kappa shape index (κ2) is 8.68. The van der Waals surface area contributed by atoms with Crippen LogP contribution >= 0.6 is 0 Å². The summed E-state index contributed by atoms with van der Waals surface area (Å²) in [5.74, 6) is -0.152. The van der Waals surface area contributed by atoms with Crippen LogP contribution in [-0.4, -0.2) is 48.8 Å². The molecule has 0 spiro atoms. The molecule has 0 bridgehead atoms. The van der Waals surface area contributed by atoms with Gasteiger partial charge in [0.05, 0.1) is 7.11 Å². The predicted octanol–water partition coefficient (Wildman–Crippen LogP) is 1.03. The Morgan fingerprint density at radius 1 is 1.33 bits per heavy atom. The van der Waals surface area contributed by atoms with Crippen molar-refractivity contribution in [3.63, 3.8) is 0 Å². The quantitative estimate of drug-likeness (QED) is 0.617. The first-order valence-electron chi connectivity index (χ1n) is 5.53. The number of esters is 1. The van der Waals surface area contributed by atoms with Gasteiger partial charge in [-0.25, -0.2) is 0 Å². The summed E-state index contributed by atoms with van der Waals surface area (Å²) in [6.07, 6.45) is 2.07. The van der Waals surface area contributed by atoms with E-state index in [1.54, 1.807) is 0 Å². The van der Waals surface area contributed by atoms with Gasteiger partial charge in [0.1, 0.15) is 0 Å². The zero-order valence-corrected chi connectivity index (χ0v) is 10.0. The highest BCUT2D eigenvalue weighted by molar-refractivity contribution is 5.69. The molecule has 0 amide bonds. The van der Waals surface area contributed by atoms with Crippen molar-refractivity contribution in [3.8, 4) is 0 Å². The lowest BCUT2D eigenvalue weighted by Gasteiger charge is -2.25. The van der Waals surface area contributed by atoms with Crippen LogP contribution in [0, 0.1) is 0 Å². The molecule has 0 aromatic rings. The minimum Gasteiger partial charge on any atom is -0.469 e. The van der Waals surface area contributed by atoms with Gasteiger partial charge in [0.25, 0.3) is 0 Å². The average molecular weight is 217 g/mol. The highest BCUT2D eigenvalue weighted by atomic mass is 16.5. The lowest BCUT2D eigenvalue weighted by atomic mass is 10.2. The van der Waals surface area contributed by atoms with Gasteiger partial charge in [0.2, 0.25) is 0 Å². The van der Waals surface area contributed by atoms with Crippen LogP contribution in [0.25, 0.3) is 0 Å². The van der Waals surface area contributed by atoms with E-state index in [1.165, 1.54) is 7.11 Å². The fourth-order valence-corrected chi connectivity index (χ4v) is 1.43. The molecule has 0 unspecified atom stereocenters. The average Bonchev–Trinajstić information content (AvgIpc) is 2.22. The molecule has 0 aromatic heterocycles. The molecule has 1 N–H and O–H groups in total. The Hall–Kier alpha value is -0.610. The minimum atomic E-state index is -0.152. The van der Waals surface area contributed by atoms with E-state index in [0.717, 1.165) is 25.9 Å². The van der Waals surface area contributed by atoms with Crippen LogP contribution in [0.5, 0.6) is 0 Å². The minimum absolute atomic E-state index is 0.152. The summed E-state index contributed by atoms with van der Waals surface area (Å²) in [4.78, 5) is 13.2. The van der Waals surface area contributed by atoms with E-state index in [1.807, 2.05) is 0 Å². The van der Waals surface area contributed by atoms with E-state index in [4.69, 9.17) is 5.11 Å². The summed E-state index contributed by atoms with van der Waals surface area (Å²) in [5.41, 5.74) is 0. The summed E-state index contributed by atoms with van der Waals surface area (Å²) in [6.45, 7) is 6.23. The lowest BCUT2D eigenvalue weighted by molar-refractivity contribution is -0.140. The molecule has 4 nitrogen and oxygen atoms in total. The topological polar surface area (TPSA) is 49.8 Å². The SMILES string of the molecule is COC(=O)CCCN(CCCO)C(C)C. The van der Waals surface area contributed by atoms with Crippen LogP contribution in [0.4, 0.5) is 0 Å². The summed E-state index contributed by atoms with van der Waals surface area (Å²) in [6, 6.07) is 0.453. The molecule has 4 heteroatoms. The molecule has 90 valence electrons. The number of rotatable bonds is 8. The largest absolute Gasteiger partial charge is 0.469 e. The van der Waals surface area contributed by atoms with Crippen LogP contribution in [0.1, 0.15) is 33.1 Å². The van der Waals surface area contributed by atoms with Crippen molar-refractivity contribution in [3.05, 3.63) is 0 Å². The Kier molecular flexibility index (Phi) is 8.33. The summed E-state index contributed by atoms with van der Waals surface area (Å²) < 4.78 is 4.58. The van der Waals surface area contributed by atoms with Crippen molar-refractivity contribution in [1.29, 1.82) is 0 Å². The van der Waals surface area contributed by atoms with Gasteiger partial charge in [-0.05, 0) is 33.2 Å². The van der Waals surface area contributed by atoms with E-state index in [2.05, 4.69) is 23.5 Å². The fourth-order valence-electron chi connectivity index (χ4n) is 1.43. The van der Waals surface area contributed by atoms with Gasteiger partial charge in [-0.1, -0.05) is 0 Å². The van der Waals surface area contributed by atoms with Crippen LogP contribution in [0.2, 0.25) is 0 Å². The molecule has 0 aromatic carbocycles. The molecule has 0 rings (SSSR count). The third kappa shape index (κ3) is 7.33. The van der Waals surface area contributed by atoms with Gasteiger partial charge >= 0.3 is 5.97 Å². The zero-order chi connectivity index (χ0) is 11.7. The van der Waals surface area contributed by atoms with E-state index < -0.39 is 0 Å². The van der Waals surface area contributed by atoms with Crippen molar-refractivity contribution >= 4 is 5.97 Å². The van der Waals surface area contributed by atoms with E-state index in [0.29, 0.717) is 12.5 Å². The molecule has 15 heavy (non-hydrogen) atoms. The van der Waals surface area contributed by atoms with Gasteiger partial charge in [-0.15, -0.1) is 0 Å². The third-order valence-electron chi connectivity index (χ3n) is 2.39. The second-order valence-electron chi connectivity index (χ2n) is 3.89. The first-order chi connectivity index (χ1) is 7.11. The van der Waals surface area contributed by atoms with Gasteiger partial charge in [0.15, 0.2) is 0 Å². The standard InChI is InChI=1S/C11H23NO3/c1-10(2)12(8-5-9-13)7-4-6-11(14)15-3/h10,13H,4-9H2,1-3H3. The highest BCUT2D eigenvalue weighted by Crippen LogP contribution is 2.03. The second-order valence-corrected chi connectivity index (χ2v) is 3.89. The Labute approximate surface area is 92.2 Å². The van der Waals surface area contributed by atoms with E-state index in [9.17, 15) is 4.79 Å². The van der Waals surface area contributed by atoms with Crippen LogP contribution < -0.4 is 0 Å². The van der Waals surface area contributed by atoms with E-state index >= 15 is 0 Å². The van der Waals surface area contributed by atoms with Crippen molar-refractivity contribution in [1.82, 2.24) is 4.90 Å². The summed E-state index contributed by atoms with van der Waals surface area (Å²) in [5, 5.41) is 8.75. The normalized spacial score (nSPS) is 11.1. The Balaban J connectivity index is 3.70. The Morgan fingerprint density at radius 3 is 2.40 bits per heavy atom. The Morgan fingerprint density at radius 2 is 1.93 bits per heavy atom. The van der Waals surface area contributed by atoms with Crippen LogP contribution in [-0.2, 0) is 9.53 Å². The predicted molar refractivity (Wildman–Crippen MR) is 59.7 cm³/mol. The molecule has 0 fully saturated rings. The maximum absolute atomic E-state index is 10.9. The highest BCUT2D eigenvalue weighted by Gasteiger charge is 2.09. The smallest absolute Gasteiger partial charge is 0.305 e. The zero-order valence-electron chi connectivity index (χ0n) is 10.0. The number of aliphatic hydroxyl groups excluding tert-OH is 1. The maximum atomic E-state index is 10.9. The number of hydrogen-bond donors (Lipinski definition) is 1. The summed E-state index contributed by atoms with van der Waals surface area (Å²) >= 11 is 0. The van der Waals surface area contributed by atoms with Crippen LogP contribution in [0.3, 0.4) is 0 Å².